The zero-order valence-electron chi connectivity index (χ0n) is 21.2. The third-order valence-corrected chi connectivity index (χ3v) is 5.71. The lowest BCUT2D eigenvalue weighted by molar-refractivity contribution is -0.134. The summed E-state index contributed by atoms with van der Waals surface area (Å²) < 4.78 is 5.92. The number of ether oxygens (including phenoxy) is 1. The summed E-state index contributed by atoms with van der Waals surface area (Å²) >= 11 is 0. The van der Waals surface area contributed by atoms with Crippen LogP contribution >= 0.6 is 0 Å². The van der Waals surface area contributed by atoms with Crippen molar-refractivity contribution in [2.24, 2.45) is 0 Å². The van der Waals surface area contributed by atoms with Gasteiger partial charge in [-0.15, -0.1) is 0 Å². The van der Waals surface area contributed by atoms with Crippen LogP contribution in [0.3, 0.4) is 0 Å². The second-order valence-corrected chi connectivity index (χ2v) is 8.56. The Morgan fingerprint density at radius 3 is 2.16 bits per heavy atom. The highest BCUT2D eigenvalue weighted by molar-refractivity contribution is 5.89. The molecule has 200 valence electrons. The molecule has 10 heteroatoms. The third kappa shape index (κ3) is 9.55. The Bertz CT molecular complexity index is 1190. The number of aliphatic carboxylic acids is 2. The van der Waals surface area contributed by atoms with Crippen molar-refractivity contribution < 1.29 is 29.6 Å². The molecule has 1 fully saturated rings. The van der Waals surface area contributed by atoms with E-state index in [-0.39, 0.29) is 5.75 Å². The Labute approximate surface area is 221 Å². The fourth-order valence-corrected chi connectivity index (χ4v) is 3.87. The quantitative estimate of drug-likeness (QED) is 0.284. The van der Waals surface area contributed by atoms with Gasteiger partial charge in [0, 0.05) is 62.2 Å². The number of aromatic hydroxyl groups is 1. The lowest BCUT2D eigenvalue weighted by Gasteiger charge is -2.36. The molecule has 0 radical (unpaired) electrons. The number of phenolic OH excluding ortho intramolecular Hbond substituents is 1. The second-order valence-electron chi connectivity index (χ2n) is 8.56. The second kappa shape index (κ2) is 14.3. The summed E-state index contributed by atoms with van der Waals surface area (Å²) in [5, 5.41) is 25.1. The maximum Gasteiger partial charge on any atom is 0.328 e. The molecular weight excluding hydrogens is 488 g/mol. The van der Waals surface area contributed by atoms with Gasteiger partial charge in [0.15, 0.2) is 0 Å². The number of para-hydroxylation sites is 1. The van der Waals surface area contributed by atoms with Crippen LogP contribution in [0, 0.1) is 6.92 Å². The van der Waals surface area contributed by atoms with Crippen molar-refractivity contribution in [1.29, 1.82) is 0 Å². The molecule has 0 atom stereocenters. The third-order valence-electron chi connectivity index (χ3n) is 5.71. The Hall–Kier alpha value is -4.44. The highest BCUT2D eigenvalue weighted by Crippen LogP contribution is 2.23. The summed E-state index contributed by atoms with van der Waals surface area (Å²) in [6.45, 7) is 7.79. The largest absolute Gasteiger partial charge is 0.508 e. The van der Waals surface area contributed by atoms with Crippen LogP contribution in [0.5, 0.6) is 11.6 Å². The van der Waals surface area contributed by atoms with Crippen molar-refractivity contribution in [3.8, 4) is 22.9 Å². The highest BCUT2D eigenvalue weighted by atomic mass is 16.5. The first-order valence-electron chi connectivity index (χ1n) is 12.2. The molecule has 38 heavy (non-hydrogen) atoms. The molecule has 0 saturated carbocycles. The molecule has 0 aliphatic carbocycles. The van der Waals surface area contributed by atoms with Crippen molar-refractivity contribution in [2.45, 2.75) is 13.3 Å². The molecule has 1 aliphatic heterocycles. The molecule has 0 amide bonds. The first-order valence-corrected chi connectivity index (χ1v) is 12.2. The van der Waals surface area contributed by atoms with Gasteiger partial charge in [0.05, 0.1) is 12.3 Å². The van der Waals surface area contributed by atoms with Gasteiger partial charge in [-0.2, -0.15) is 4.98 Å². The lowest BCUT2D eigenvalue weighted by atomic mass is 10.1. The van der Waals surface area contributed by atoms with E-state index in [2.05, 4.69) is 50.1 Å². The van der Waals surface area contributed by atoms with Gasteiger partial charge in [-0.3, -0.25) is 4.90 Å². The van der Waals surface area contributed by atoms with Crippen LogP contribution < -0.4 is 9.64 Å². The number of carboxylic acid groups (broad SMARTS) is 2. The number of carboxylic acids is 2. The molecule has 10 nitrogen and oxygen atoms in total. The molecule has 2 heterocycles. The first-order chi connectivity index (χ1) is 18.3. The Morgan fingerprint density at radius 2 is 1.55 bits per heavy atom. The fraction of sp³-hybridized carbons (Fsp3) is 0.286. The molecule has 1 aliphatic rings. The summed E-state index contributed by atoms with van der Waals surface area (Å²) in [4.78, 5) is 32.9. The minimum atomic E-state index is -1.26. The number of phenols is 1. The van der Waals surface area contributed by atoms with E-state index in [9.17, 15) is 14.7 Å². The van der Waals surface area contributed by atoms with E-state index in [0.717, 1.165) is 50.4 Å². The maximum absolute atomic E-state index is 9.55. The van der Waals surface area contributed by atoms with Crippen molar-refractivity contribution in [3.63, 3.8) is 0 Å². The van der Waals surface area contributed by atoms with Crippen LogP contribution in [-0.4, -0.2) is 81.5 Å². The van der Waals surface area contributed by atoms with Crippen LogP contribution in [0.25, 0.3) is 11.3 Å². The number of hydrogen-bond acceptors (Lipinski definition) is 8. The normalized spacial score (nSPS) is 13.6. The summed E-state index contributed by atoms with van der Waals surface area (Å²) in [7, 11) is 0. The molecule has 0 spiro atoms. The van der Waals surface area contributed by atoms with Gasteiger partial charge in [-0.05, 0) is 49.7 Å². The molecule has 4 rings (SSSR count). The molecule has 0 unspecified atom stereocenters. The Balaban J connectivity index is 0.000000436. The average Bonchev–Trinajstić information content (AvgIpc) is 2.91. The van der Waals surface area contributed by atoms with Gasteiger partial charge in [-0.1, -0.05) is 18.2 Å². The molecule has 1 saturated heterocycles. The highest BCUT2D eigenvalue weighted by Gasteiger charge is 2.16. The molecule has 3 N–H and O–H groups in total. The Kier molecular flexibility index (Phi) is 10.6. The van der Waals surface area contributed by atoms with Crippen LogP contribution in [0.15, 0.2) is 72.8 Å². The zero-order chi connectivity index (χ0) is 27.3. The summed E-state index contributed by atoms with van der Waals surface area (Å²) in [6, 6.07) is 19.5. The number of piperazine rings is 1. The van der Waals surface area contributed by atoms with Crippen molar-refractivity contribution >= 4 is 17.6 Å². The molecule has 0 bridgehead atoms. The maximum atomic E-state index is 9.55. The van der Waals surface area contributed by atoms with E-state index in [1.807, 2.05) is 25.1 Å². The minimum Gasteiger partial charge on any atom is -0.508 e. The van der Waals surface area contributed by atoms with Crippen molar-refractivity contribution in [3.05, 3.63) is 78.6 Å². The van der Waals surface area contributed by atoms with Gasteiger partial charge in [-0.25, -0.2) is 14.6 Å². The van der Waals surface area contributed by atoms with Crippen LogP contribution in [0.1, 0.15) is 12.2 Å². The Morgan fingerprint density at radius 1 is 0.921 bits per heavy atom. The predicted octanol–water partition coefficient (Wildman–Crippen LogP) is 3.46. The van der Waals surface area contributed by atoms with Gasteiger partial charge in [0.25, 0.3) is 0 Å². The summed E-state index contributed by atoms with van der Waals surface area (Å²) in [6.07, 6.45) is 2.08. The SMILES string of the molecule is Cc1nc(OCCCN2CCN(c3ccccc3)CC2)cc(-c2ccc(O)cc2)n1.O=C(O)/C=C\C(=O)O. The van der Waals surface area contributed by atoms with Gasteiger partial charge in [0.2, 0.25) is 5.88 Å². The topological polar surface area (TPSA) is 136 Å². The number of nitrogens with zero attached hydrogens (tertiary/aromatic N) is 4. The number of aromatic nitrogens is 2. The minimum absolute atomic E-state index is 0.241. The first kappa shape index (κ1) is 28.1. The van der Waals surface area contributed by atoms with Crippen molar-refractivity contribution in [1.82, 2.24) is 14.9 Å². The predicted molar refractivity (Wildman–Crippen MR) is 143 cm³/mol. The molecular formula is C28H32N4O6. The van der Waals surface area contributed by atoms with Crippen LogP contribution in [0.4, 0.5) is 5.69 Å². The fourth-order valence-electron chi connectivity index (χ4n) is 3.87. The number of anilines is 1. The number of aryl methyl sites for hydroxylation is 1. The van der Waals surface area contributed by atoms with E-state index in [1.165, 1.54) is 5.69 Å². The van der Waals surface area contributed by atoms with Gasteiger partial charge >= 0.3 is 11.9 Å². The molecule has 1 aromatic heterocycles. The van der Waals surface area contributed by atoms with E-state index in [0.29, 0.717) is 30.5 Å². The molecule has 2 aromatic carbocycles. The van der Waals surface area contributed by atoms with E-state index in [1.54, 1.807) is 12.1 Å². The van der Waals surface area contributed by atoms with E-state index in [4.69, 9.17) is 14.9 Å². The lowest BCUT2D eigenvalue weighted by Crippen LogP contribution is -2.46. The van der Waals surface area contributed by atoms with Crippen LogP contribution in [0.2, 0.25) is 0 Å². The monoisotopic (exact) mass is 520 g/mol. The van der Waals surface area contributed by atoms with E-state index < -0.39 is 11.9 Å². The molecule has 3 aromatic rings. The summed E-state index contributed by atoms with van der Waals surface area (Å²) in [5.74, 6) is -1.00. The van der Waals surface area contributed by atoms with Crippen LogP contribution in [-0.2, 0) is 9.59 Å². The van der Waals surface area contributed by atoms with E-state index >= 15 is 0 Å². The standard InChI is InChI=1S/C24H28N4O2.C4H4O4/c1-19-25-23(20-8-10-22(29)11-9-20)18-24(26-19)30-17-5-12-27-13-15-28(16-14-27)21-6-3-2-4-7-21;5-3(6)1-2-4(7)8/h2-4,6-11,18,29H,5,12-17H2,1H3;1-2H,(H,5,6)(H,7,8)/b;2-1-. The summed E-state index contributed by atoms with van der Waals surface area (Å²) in [5.41, 5.74) is 3.04. The number of carbonyl (C=O) groups is 2. The number of benzene rings is 2. The number of rotatable bonds is 9. The van der Waals surface area contributed by atoms with Gasteiger partial charge in [0.1, 0.15) is 11.6 Å². The average molecular weight is 521 g/mol. The van der Waals surface area contributed by atoms with Crippen molar-refractivity contribution in [2.75, 3.05) is 44.2 Å². The smallest absolute Gasteiger partial charge is 0.328 e. The number of hydrogen-bond donors (Lipinski definition) is 3. The zero-order valence-corrected chi connectivity index (χ0v) is 21.2. The van der Waals surface area contributed by atoms with Gasteiger partial charge < -0.3 is 25.0 Å².